The number of rotatable bonds is 3. The van der Waals surface area contributed by atoms with E-state index in [0.29, 0.717) is 36.6 Å². The second-order valence-corrected chi connectivity index (χ2v) is 6.21. The average Bonchev–Trinajstić information content (AvgIpc) is 2.73. The van der Waals surface area contributed by atoms with Gasteiger partial charge in [0.1, 0.15) is 5.69 Å². The highest BCUT2D eigenvalue weighted by atomic mass is 19.1. The molecule has 0 bridgehead atoms. The summed E-state index contributed by atoms with van der Waals surface area (Å²) in [7, 11) is 1.39. The second kappa shape index (κ2) is 7.11. The maximum atomic E-state index is 13.9. The first-order valence-electron chi connectivity index (χ1n) is 8.54. The van der Waals surface area contributed by atoms with Crippen molar-refractivity contribution in [3.8, 4) is 17.3 Å². The number of nitrogens with zero attached hydrogens (tertiary/aromatic N) is 4. The van der Waals surface area contributed by atoms with Gasteiger partial charge < -0.3 is 9.64 Å². The van der Waals surface area contributed by atoms with Crippen molar-refractivity contribution in [3.05, 3.63) is 71.4 Å². The molecule has 0 atom stereocenters. The topological polar surface area (TPSA) is 68.2 Å². The smallest absolute Gasteiger partial charge is 0.254 e. The van der Waals surface area contributed by atoms with E-state index in [4.69, 9.17) is 4.74 Å². The third kappa shape index (κ3) is 3.36. The van der Waals surface area contributed by atoms with Gasteiger partial charge in [0, 0.05) is 43.0 Å². The number of methoxy groups -OCH3 is 1. The third-order valence-electron chi connectivity index (χ3n) is 4.51. The van der Waals surface area contributed by atoms with Crippen molar-refractivity contribution < 1.29 is 13.9 Å². The van der Waals surface area contributed by atoms with Gasteiger partial charge in [-0.2, -0.15) is 0 Å². The predicted octanol–water partition coefficient (Wildman–Crippen LogP) is 2.88. The van der Waals surface area contributed by atoms with E-state index >= 15 is 0 Å². The molecule has 0 unspecified atom stereocenters. The highest BCUT2D eigenvalue weighted by Gasteiger charge is 2.24. The molecule has 0 spiro atoms. The van der Waals surface area contributed by atoms with Crippen LogP contribution in [0, 0.1) is 5.82 Å². The Labute approximate surface area is 155 Å². The summed E-state index contributed by atoms with van der Waals surface area (Å²) in [6.45, 7) is 0.905. The number of carbonyl (C=O) groups is 1. The van der Waals surface area contributed by atoms with Gasteiger partial charge in [-0.05, 0) is 30.3 Å². The maximum Gasteiger partial charge on any atom is 0.254 e. The van der Waals surface area contributed by atoms with Gasteiger partial charge in [0.25, 0.3) is 5.91 Å². The lowest BCUT2D eigenvalue weighted by Gasteiger charge is -2.28. The minimum absolute atomic E-state index is 0.117. The Morgan fingerprint density at radius 1 is 1.22 bits per heavy atom. The van der Waals surface area contributed by atoms with Crippen molar-refractivity contribution in [2.24, 2.45) is 0 Å². The van der Waals surface area contributed by atoms with Crippen molar-refractivity contribution in [1.29, 1.82) is 0 Å². The van der Waals surface area contributed by atoms with E-state index in [9.17, 15) is 9.18 Å². The molecular formula is C20H17FN4O2. The van der Waals surface area contributed by atoms with Gasteiger partial charge in [-0.3, -0.25) is 9.78 Å². The monoisotopic (exact) mass is 364 g/mol. The molecule has 3 aromatic rings. The van der Waals surface area contributed by atoms with E-state index in [1.165, 1.54) is 19.2 Å². The van der Waals surface area contributed by atoms with Crippen LogP contribution in [0.5, 0.6) is 5.75 Å². The third-order valence-corrected chi connectivity index (χ3v) is 4.51. The number of carbonyl (C=O) groups excluding carboxylic acids is 1. The molecule has 0 saturated heterocycles. The lowest BCUT2D eigenvalue weighted by molar-refractivity contribution is 0.0732. The number of pyridine rings is 1. The Balaban J connectivity index is 1.55. The molecule has 27 heavy (non-hydrogen) atoms. The fourth-order valence-electron chi connectivity index (χ4n) is 3.09. The summed E-state index contributed by atoms with van der Waals surface area (Å²) in [6, 6.07) is 9.83. The van der Waals surface area contributed by atoms with E-state index in [0.717, 1.165) is 11.3 Å². The summed E-state index contributed by atoms with van der Waals surface area (Å²) in [4.78, 5) is 27.6. The van der Waals surface area contributed by atoms with Crippen LogP contribution < -0.4 is 4.74 Å². The Morgan fingerprint density at radius 2 is 2.11 bits per heavy atom. The van der Waals surface area contributed by atoms with Crippen LogP contribution in [-0.2, 0) is 13.0 Å². The number of aromatic nitrogens is 3. The molecule has 3 heterocycles. The van der Waals surface area contributed by atoms with Gasteiger partial charge in [0.05, 0.1) is 12.8 Å². The summed E-state index contributed by atoms with van der Waals surface area (Å²) in [6.07, 6.45) is 4.05. The molecular weight excluding hydrogens is 347 g/mol. The van der Waals surface area contributed by atoms with Crippen LogP contribution in [0.15, 0.2) is 48.8 Å². The lowest BCUT2D eigenvalue weighted by Crippen LogP contribution is -2.36. The van der Waals surface area contributed by atoms with Crippen LogP contribution in [0.25, 0.3) is 11.5 Å². The van der Waals surface area contributed by atoms with Crippen LogP contribution in [-0.4, -0.2) is 39.4 Å². The van der Waals surface area contributed by atoms with Gasteiger partial charge in [-0.25, -0.2) is 14.4 Å². The van der Waals surface area contributed by atoms with Crippen molar-refractivity contribution >= 4 is 5.91 Å². The Hall–Kier alpha value is -3.35. The largest absolute Gasteiger partial charge is 0.494 e. The van der Waals surface area contributed by atoms with Gasteiger partial charge in [-0.1, -0.05) is 6.07 Å². The summed E-state index contributed by atoms with van der Waals surface area (Å²) in [5, 5.41) is 0. The van der Waals surface area contributed by atoms with E-state index < -0.39 is 5.82 Å². The first-order chi connectivity index (χ1) is 13.2. The summed E-state index contributed by atoms with van der Waals surface area (Å²) in [5.74, 6) is -0.0857. The fraction of sp³-hybridized carbons (Fsp3) is 0.200. The average molecular weight is 364 g/mol. The molecule has 6 nitrogen and oxygen atoms in total. The zero-order chi connectivity index (χ0) is 18.8. The normalized spacial score (nSPS) is 13.2. The lowest BCUT2D eigenvalue weighted by atomic mass is 10.1. The van der Waals surface area contributed by atoms with E-state index in [1.54, 1.807) is 23.4 Å². The SMILES string of the molecule is COc1ccc(C(=O)N2CCc3nc(-c4ccccn4)ncc3C2)cc1F. The molecule has 7 heteroatoms. The number of fused-ring (bicyclic) bond motifs is 1. The Bertz CT molecular complexity index is 995. The highest BCUT2D eigenvalue weighted by Crippen LogP contribution is 2.23. The molecule has 0 radical (unpaired) electrons. The van der Waals surface area contributed by atoms with Crippen LogP contribution >= 0.6 is 0 Å². The number of ether oxygens (including phenoxy) is 1. The van der Waals surface area contributed by atoms with Crippen molar-refractivity contribution in [2.45, 2.75) is 13.0 Å². The highest BCUT2D eigenvalue weighted by molar-refractivity contribution is 5.94. The fourth-order valence-corrected chi connectivity index (χ4v) is 3.09. The predicted molar refractivity (Wildman–Crippen MR) is 96.7 cm³/mol. The number of hydrogen-bond acceptors (Lipinski definition) is 5. The minimum Gasteiger partial charge on any atom is -0.494 e. The quantitative estimate of drug-likeness (QED) is 0.715. The number of amides is 1. The van der Waals surface area contributed by atoms with Crippen molar-refractivity contribution in [2.75, 3.05) is 13.7 Å². The molecule has 0 fully saturated rings. The van der Waals surface area contributed by atoms with Crippen LogP contribution in [0.1, 0.15) is 21.6 Å². The molecule has 1 aromatic carbocycles. The minimum atomic E-state index is -0.552. The molecule has 2 aromatic heterocycles. The van der Waals surface area contributed by atoms with Crippen LogP contribution in [0.2, 0.25) is 0 Å². The summed E-state index contributed by atoms with van der Waals surface area (Å²) >= 11 is 0. The van der Waals surface area contributed by atoms with Crippen LogP contribution in [0.4, 0.5) is 4.39 Å². The number of benzene rings is 1. The molecule has 1 aliphatic rings. The van der Waals surface area contributed by atoms with Gasteiger partial charge >= 0.3 is 0 Å². The summed E-state index contributed by atoms with van der Waals surface area (Å²) < 4.78 is 18.8. The molecule has 0 saturated carbocycles. The maximum absolute atomic E-state index is 13.9. The van der Waals surface area contributed by atoms with Crippen molar-refractivity contribution in [3.63, 3.8) is 0 Å². The van der Waals surface area contributed by atoms with Crippen LogP contribution in [0.3, 0.4) is 0 Å². The number of hydrogen-bond donors (Lipinski definition) is 0. The number of halogens is 1. The zero-order valence-corrected chi connectivity index (χ0v) is 14.7. The van der Waals surface area contributed by atoms with E-state index in [1.807, 2.05) is 18.2 Å². The molecule has 4 rings (SSSR count). The van der Waals surface area contributed by atoms with Gasteiger partial charge in [-0.15, -0.1) is 0 Å². The molecule has 1 amide bonds. The molecule has 1 aliphatic heterocycles. The van der Waals surface area contributed by atoms with E-state index in [-0.39, 0.29) is 11.7 Å². The van der Waals surface area contributed by atoms with Gasteiger partial charge in [0.15, 0.2) is 17.4 Å². The standard InChI is InChI=1S/C20H17FN4O2/c1-27-18-6-5-13(10-15(18)21)20(26)25-9-7-16-14(12-25)11-23-19(24-16)17-4-2-3-8-22-17/h2-6,8,10-11H,7,9,12H2,1H3. The van der Waals surface area contributed by atoms with Gasteiger partial charge in [0.2, 0.25) is 0 Å². The summed E-state index contributed by atoms with van der Waals surface area (Å²) in [5.41, 5.74) is 2.81. The molecule has 0 aliphatic carbocycles. The Morgan fingerprint density at radius 3 is 2.85 bits per heavy atom. The van der Waals surface area contributed by atoms with Crippen molar-refractivity contribution in [1.82, 2.24) is 19.9 Å². The van der Waals surface area contributed by atoms with E-state index in [2.05, 4.69) is 15.0 Å². The second-order valence-electron chi connectivity index (χ2n) is 6.21. The molecule has 0 N–H and O–H groups in total. The first-order valence-corrected chi connectivity index (χ1v) is 8.54. The zero-order valence-electron chi connectivity index (χ0n) is 14.7. The Kier molecular flexibility index (Phi) is 4.50. The first kappa shape index (κ1) is 17.1. The molecule has 136 valence electrons.